The number of anilines is 1. The normalized spacial score (nSPS) is 10.2. The molecule has 0 aliphatic rings. The summed E-state index contributed by atoms with van der Waals surface area (Å²) >= 11 is 14.7. The molecule has 21 heavy (non-hydrogen) atoms. The Morgan fingerprint density at radius 3 is 2.67 bits per heavy atom. The lowest BCUT2D eigenvalue weighted by molar-refractivity contribution is -0.384. The molecule has 2 aromatic rings. The van der Waals surface area contributed by atoms with Crippen molar-refractivity contribution in [2.75, 3.05) is 5.32 Å². The number of carbonyl (C=O) groups is 1. The third-order valence-corrected chi connectivity index (χ3v) is 3.84. The van der Waals surface area contributed by atoms with Crippen molar-refractivity contribution in [3.05, 3.63) is 60.8 Å². The number of aromatic nitrogens is 1. The smallest absolute Gasteiger partial charge is 0.271 e. The third kappa shape index (κ3) is 3.69. The lowest BCUT2D eigenvalue weighted by atomic mass is 10.2. The Kier molecular flexibility index (Phi) is 4.76. The van der Waals surface area contributed by atoms with E-state index in [-0.39, 0.29) is 27.1 Å². The molecule has 1 aromatic heterocycles. The van der Waals surface area contributed by atoms with Crippen molar-refractivity contribution < 1.29 is 9.72 Å². The van der Waals surface area contributed by atoms with Crippen molar-refractivity contribution in [3.8, 4) is 0 Å². The SMILES string of the molecule is O=C(Nc1cc([N+](=O)[O-])ccc1Br)c1cnc(Cl)c(Cl)c1. The molecule has 6 nitrogen and oxygen atoms in total. The zero-order valence-corrected chi connectivity index (χ0v) is 13.2. The molecular formula is C12H6BrCl2N3O3. The van der Waals surface area contributed by atoms with E-state index in [4.69, 9.17) is 23.2 Å². The Hall–Kier alpha value is -1.70. The minimum Gasteiger partial charge on any atom is -0.321 e. The van der Waals surface area contributed by atoms with Crippen LogP contribution in [-0.4, -0.2) is 15.8 Å². The second kappa shape index (κ2) is 6.38. The summed E-state index contributed by atoms with van der Waals surface area (Å²) in [5.74, 6) is -0.512. The molecule has 0 atom stereocenters. The molecule has 0 saturated heterocycles. The van der Waals surface area contributed by atoms with Crippen LogP contribution in [0, 0.1) is 10.1 Å². The van der Waals surface area contributed by atoms with E-state index in [1.807, 2.05) is 0 Å². The first-order valence-electron chi connectivity index (χ1n) is 5.45. The van der Waals surface area contributed by atoms with Crippen LogP contribution in [0.25, 0.3) is 0 Å². The van der Waals surface area contributed by atoms with Gasteiger partial charge in [0.25, 0.3) is 11.6 Å². The predicted molar refractivity (Wildman–Crippen MR) is 83.0 cm³/mol. The molecule has 2 rings (SSSR count). The number of hydrogen-bond acceptors (Lipinski definition) is 4. The van der Waals surface area contributed by atoms with Crippen molar-refractivity contribution in [1.82, 2.24) is 4.98 Å². The first-order chi connectivity index (χ1) is 9.88. The van der Waals surface area contributed by atoms with Gasteiger partial charge in [-0.3, -0.25) is 14.9 Å². The van der Waals surface area contributed by atoms with E-state index in [9.17, 15) is 14.9 Å². The summed E-state index contributed by atoms with van der Waals surface area (Å²) in [4.78, 5) is 26.0. The van der Waals surface area contributed by atoms with Gasteiger partial charge in [0.1, 0.15) is 5.15 Å². The maximum atomic E-state index is 12.1. The molecule has 9 heteroatoms. The molecule has 108 valence electrons. The number of amides is 1. The van der Waals surface area contributed by atoms with Crippen LogP contribution in [0.1, 0.15) is 10.4 Å². The highest BCUT2D eigenvalue weighted by atomic mass is 79.9. The number of pyridine rings is 1. The number of rotatable bonds is 3. The van der Waals surface area contributed by atoms with Crippen LogP contribution in [0.15, 0.2) is 34.9 Å². The quantitative estimate of drug-likeness (QED) is 0.480. The maximum Gasteiger partial charge on any atom is 0.271 e. The Morgan fingerprint density at radius 2 is 2.05 bits per heavy atom. The van der Waals surface area contributed by atoms with Gasteiger partial charge in [0.15, 0.2) is 0 Å². The van der Waals surface area contributed by atoms with Crippen LogP contribution in [0.5, 0.6) is 0 Å². The summed E-state index contributed by atoms with van der Waals surface area (Å²) in [6, 6.07) is 5.39. The minimum absolute atomic E-state index is 0.0877. The van der Waals surface area contributed by atoms with E-state index in [2.05, 4.69) is 26.2 Å². The van der Waals surface area contributed by atoms with Crippen molar-refractivity contribution in [1.29, 1.82) is 0 Å². The van der Waals surface area contributed by atoms with Crippen molar-refractivity contribution in [3.63, 3.8) is 0 Å². The zero-order valence-electron chi connectivity index (χ0n) is 10.1. The summed E-state index contributed by atoms with van der Waals surface area (Å²) in [7, 11) is 0. The van der Waals surface area contributed by atoms with Gasteiger partial charge in [-0.25, -0.2) is 4.98 Å². The average Bonchev–Trinajstić information content (AvgIpc) is 2.43. The van der Waals surface area contributed by atoms with Crippen LogP contribution < -0.4 is 5.32 Å². The zero-order chi connectivity index (χ0) is 15.6. The van der Waals surface area contributed by atoms with Crippen LogP contribution in [0.3, 0.4) is 0 Å². The Morgan fingerprint density at radius 1 is 1.33 bits per heavy atom. The monoisotopic (exact) mass is 389 g/mol. The minimum atomic E-state index is -0.553. The van der Waals surface area contributed by atoms with Crippen LogP contribution >= 0.6 is 39.1 Å². The van der Waals surface area contributed by atoms with Crippen LogP contribution in [0.2, 0.25) is 10.2 Å². The number of nitro groups is 1. The van der Waals surface area contributed by atoms with Crippen LogP contribution in [-0.2, 0) is 0 Å². The molecule has 1 N–H and O–H groups in total. The molecule has 1 aromatic carbocycles. The topological polar surface area (TPSA) is 85.1 Å². The van der Waals surface area contributed by atoms with E-state index < -0.39 is 10.8 Å². The van der Waals surface area contributed by atoms with E-state index in [1.54, 1.807) is 0 Å². The molecule has 0 fully saturated rings. The Bertz CT molecular complexity index is 740. The molecule has 0 bridgehead atoms. The summed E-state index contributed by atoms with van der Waals surface area (Å²) in [6.07, 6.45) is 1.26. The lowest BCUT2D eigenvalue weighted by Gasteiger charge is -2.07. The highest BCUT2D eigenvalue weighted by Gasteiger charge is 2.14. The number of nitrogens with zero attached hydrogens (tertiary/aromatic N) is 2. The van der Waals surface area contributed by atoms with E-state index >= 15 is 0 Å². The second-order valence-electron chi connectivity index (χ2n) is 3.87. The summed E-state index contributed by atoms with van der Waals surface area (Å²) in [5, 5.41) is 13.5. The maximum absolute atomic E-state index is 12.1. The van der Waals surface area contributed by atoms with E-state index in [1.165, 1.54) is 30.5 Å². The molecule has 0 spiro atoms. The average molecular weight is 391 g/mol. The Labute approximate surface area is 137 Å². The fourth-order valence-corrected chi connectivity index (χ4v) is 2.08. The number of halogens is 3. The van der Waals surface area contributed by atoms with Gasteiger partial charge in [-0.1, -0.05) is 23.2 Å². The van der Waals surface area contributed by atoms with Gasteiger partial charge in [0.2, 0.25) is 0 Å². The lowest BCUT2D eigenvalue weighted by Crippen LogP contribution is -2.13. The van der Waals surface area contributed by atoms with Gasteiger partial charge in [-0.15, -0.1) is 0 Å². The number of nitrogens with one attached hydrogen (secondary N) is 1. The molecule has 0 aliphatic carbocycles. The summed E-state index contributed by atoms with van der Waals surface area (Å²) in [6.45, 7) is 0. The third-order valence-electron chi connectivity index (χ3n) is 2.47. The fourth-order valence-electron chi connectivity index (χ4n) is 1.46. The summed E-state index contributed by atoms with van der Waals surface area (Å²) < 4.78 is 0.509. The first-order valence-corrected chi connectivity index (χ1v) is 6.99. The van der Waals surface area contributed by atoms with Gasteiger partial charge < -0.3 is 5.32 Å². The van der Waals surface area contributed by atoms with Crippen molar-refractivity contribution in [2.24, 2.45) is 0 Å². The highest BCUT2D eigenvalue weighted by Crippen LogP contribution is 2.28. The fraction of sp³-hybridized carbons (Fsp3) is 0. The van der Waals surface area contributed by atoms with Gasteiger partial charge in [0, 0.05) is 22.8 Å². The first kappa shape index (κ1) is 15.7. The molecule has 0 aliphatic heterocycles. The van der Waals surface area contributed by atoms with Crippen LogP contribution in [0.4, 0.5) is 11.4 Å². The molecule has 0 radical (unpaired) electrons. The van der Waals surface area contributed by atoms with E-state index in [0.29, 0.717) is 4.47 Å². The van der Waals surface area contributed by atoms with Crippen molar-refractivity contribution in [2.45, 2.75) is 0 Å². The number of nitro benzene ring substituents is 1. The van der Waals surface area contributed by atoms with Gasteiger partial charge in [-0.2, -0.15) is 0 Å². The van der Waals surface area contributed by atoms with E-state index in [0.717, 1.165) is 0 Å². The van der Waals surface area contributed by atoms with Gasteiger partial charge >= 0.3 is 0 Å². The largest absolute Gasteiger partial charge is 0.321 e. The standard InChI is InChI=1S/C12H6BrCl2N3O3/c13-8-2-1-7(18(20)21)4-10(8)17-12(19)6-3-9(14)11(15)16-5-6/h1-5H,(H,17,19). The van der Waals surface area contributed by atoms with Crippen molar-refractivity contribution >= 4 is 56.4 Å². The molecule has 0 saturated carbocycles. The highest BCUT2D eigenvalue weighted by molar-refractivity contribution is 9.10. The number of benzene rings is 1. The number of non-ortho nitro benzene ring substituents is 1. The number of hydrogen-bond donors (Lipinski definition) is 1. The molecule has 0 unspecified atom stereocenters. The van der Waals surface area contributed by atoms with Gasteiger partial charge in [0.05, 0.1) is 21.2 Å². The number of carbonyl (C=O) groups excluding carboxylic acids is 1. The van der Waals surface area contributed by atoms with Gasteiger partial charge in [-0.05, 0) is 28.1 Å². The molecule has 1 heterocycles. The Balaban J connectivity index is 2.28. The molecular weight excluding hydrogens is 385 g/mol. The molecule has 1 amide bonds. The summed E-state index contributed by atoms with van der Waals surface area (Å²) in [5.41, 5.74) is 0.309. The predicted octanol–water partition coefficient (Wildman–Crippen LogP) is 4.31. The second-order valence-corrected chi connectivity index (χ2v) is 5.49.